The highest BCUT2D eigenvalue weighted by Gasteiger charge is 2.48. The lowest BCUT2D eigenvalue weighted by atomic mass is 10.1. The van der Waals surface area contributed by atoms with E-state index in [0.717, 1.165) is 0 Å². The Labute approximate surface area is 113 Å². The Bertz CT molecular complexity index is 557. The Morgan fingerprint density at radius 3 is 2.30 bits per heavy atom. The van der Waals surface area contributed by atoms with Crippen molar-refractivity contribution in [2.45, 2.75) is 18.5 Å². The molecule has 112 valence electrons. The van der Waals surface area contributed by atoms with Gasteiger partial charge < -0.3 is 4.74 Å². The van der Waals surface area contributed by atoms with E-state index in [9.17, 15) is 26.4 Å². The number of nitrogens with one attached hydrogen (secondary N) is 1. The van der Waals surface area contributed by atoms with Gasteiger partial charge in [-0.3, -0.25) is 0 Å². The summed E-state index contributed by atoms with van der Waals surface area (Å²) in [5.74, 6) is -1.11. The minimum Gasteiger partial charge on any atom is -0.465 e. The summed E-state index contributed by atoms with van der Waals surface area (Å²) in [5, 5.41) is 0. The number of alkyl halides is 3. The molecule has 20 heavy (non-hydrogen) atoms. The largest absolute Gasteiger partial charge is 0.511 e. The summed E-state index contributed by atoms with van der Waals surface area (Å²) in [6, 6.07) is 5.39. The lowest BCUT2D eigenvalue weighted by Crippen LogP contribution is -2.42. The molecule has 1 atom stereocenters. The van der Waals surface area contributed by atoms with Crippen molar-refractivity contribution in [2.75, 3.05) is 6.61 Å². The molecule has 0 aliphatic carbocycles. The van der Waals surface area contributed by atoms with E-state index in [-0.39, 0.29) is 12.2 Å². The summed E-state index contributed by atoms with van der Waals surface area (Å²) < 4.78 is 65.2. The van der Waals surface area contributed by atoms with E-state index in [1.54, 1.807) is 6.07 Å². The third-order valence-electron chi connectivity index (χ3n) is 2.23. The summed E-state index contributed by atoms with van der Waals surface area (Å²) in [6.45, 7) is 1.37. The van der Waals surface area contributed by atoms with Gasteiger partial charge in [-0.15, -0.1) is 0 Å². The second-order valence-corrected chi connectivity index (χ2v) is 5.37. The molecule has 1 unspecified atom stereocenters. The smallest absolute Gasteiger partial charge is 0.465 e. The topological polar surface area (TPSA) is 72.5 Å². The van der Waals surface area contributed by atoms with E-state index < -0.39 is 27.5 Å². The second kappa shape index (κ2) is 6.23. The van der Waals surface area contributed by atoms with Crippen LogP contribution in [0.1, 0.15) is 18.5 Å². The zero-order valence-corrected chi connectivity index (χ0v) is 11.2. The maximum Gasteiger partial charge on any atom is 0.511 e. The number of hydrogen-bond acceptors (Lipinski definition) is 4. The minimum absolute atomic E-state index is 0.0544. The van der Waals surface area contributed by atoms with Gasteiger partial charge in [-0.05, 0) is 12.5 Å². The standard InChI is InChI=1S/C11H12F3NO4S/c1-2-19-10(16)9(8-6-4-3-5-7-8)15-20(17,18)11(12,13)14/h3-7,9,15H,2H2,1H3. The van der Waals surface area contributed by atoms with Crippen LogP contribution in [-0.2, 0) is 19.6 Å². The molecule has 0 aliphatic heterocycles. The molecule has 0 fully saturated rings. The van der Waals surface area contributed by atoms with Gasteiger partial charge in [0.1, 0.15) is 6.04 Å². The molecule has 0 saturated carbocycles. The molecule has 0 spiro atoms. The van der Waals surface area contributed by atoms with Crippen molar-refractivity contribution in [3.8, 4) is 0 Å². The third-order valence-corrected chi connectivity index (χ3v) is 3.39. The first-order chi connectivity index (χ1) is 9.19. The van der Waals surface area contributed by atoms with E-state index in [1.807, 2.05) is 0 Å². The van der Waals surface area contributed by atoms with Crippen molar-refractivity contribution in [1.29, 1.82) is 0 Å². The lowest BCUT2D eigenvalue weighted by Gasteiger charge is -2.18. The number of carbonyl (C=O) groups is 1. The molecule has 5 nitrogen and oxygen atoms in total. The number of benzene rings is 1. The number of halogens is 3. The molecule has 1 aromatic carbocycles. The maximum absolute atomic E-state index is 12.4. The molecule has 1 aromatic rings. The van der Waals surface area contributed by atoms with Gasteiger partial charge in [0.2, 0.25) is 0 Å². The van der Waals surface area contributed by atoms with Crippen LogP contribution in [-0.4, -0.2) is 26.5 Å². The molecule has 9 heteroatoms. The summed E-state index contributed by atoms with van der Waals surface area (Å²) in [5.41, 5.74) is -5.45. The predicted octanol–water partition coefficient (Wildman–Crippen LogP) is 1.73. The molecule has 1 rings (SSSR count). The summed E-state index contributed by atoms with van der Waals surface area (Å²) in [6.07, 6.45) is 0. The van der Waals surface area contributed by atoms with Gasteiger partial charge in [-0.1, -0.05) is 30.3 Å². The Kier molecular flexibility index (Phi) is 5.12. The normalized spacial score (nSPS) is 13.8. The minimum atomic E-state index is -5.66. The Hall–Kier alpha value is -1.61. The maximum atomic E-state index is 12.4. The molecule has 0 bridgehead atoms. The average Bonchev–Trinajstić information content (AvgIpc) is 2.36. The number of hydrogen-bond donors (Lipinski definition) is 1. The van der Waals surface area contributed by atoms with Gasteiger partial charge >= 0.3 is 21.5 Å². The van der Waals surface area contributed by atoms with E-state index in [0.29, 0.717) is 0 Å². The Balaban J connectivity index is 3.11. The molecule has 0 amide bonds. The van der Waals surface area contributed by atoms with Crippen LogP contribution < -0.4 is 4.72 Å². The van der Waals surface area contributed by atoms with Gasteiger partial charge in [-0.25, -0.2) is 13.2 Å². The Morgan fingerprint density at radius 2 is 1.85 bits per heavy atom. The summed E-state index contributed by atoms with van der Waals surface area (Å²) in [7, 11) is -5.66. The number of carbonyl (C=O) groups excluding carboxylic acids is 1. The quantitative estimate of drug-likeness (QED) is 0.841. The molecule has 0 radical (unpaired) electrons. The SMILES string of the molecule is CCOC(=O)C(NS(=O)(=O)C(F)(F)F)c1ccccc1. The highest BCUT2D eigenvalue weighted by molar-refractivity contribution is 7.90. The van der Waals surface area contributed by atoms with Crippen molar-refractivity contribution < 1.29 is 31.1 Å². The van der Waals surface area contributed by atoms with Gasteiger partial charge in [0.25, 0.3) is 0 Å². The molecule has 0 heterocycles. The number of rotatable bonds is 5. The first kappa shape index (κ1) is 16.4. The van der Waals surface area contributed by atoms with Crippen molar-refractivity contribution >= 4 is 16.0 Å². The molecular weight excluding hydrogens is 299 g/mol. The third kappa shape index (κ3) is 3.94. The van der Waals surface area contributed by atoms with Crippen molar-refractivity contribution in [2.24, 2.45) is 0 Å². The highest BCUT2D eigenvalue weighted by atomic mass is 32.2. The molecule has 1 N–H and O–H groups in total. The summed E-state index contributed by atoms with van der Waals surface area (Å²) in [4.78, 5) is 11.6. The second-order valence-electron chi connectivity index (χ2n) is 3.66. The van der Waals surface area contributed by atoms with E-state index in [2.05, 4.69) is 4.74 Å². The fraction of sp³-hybridized carbons (Fsp3) is 0.364. The fourth-order valence-electron chi connectivity index (χ4n) is 1.35. The number of sulfonamides is 1. The van der Waals surface area contributed by atoms with Crippen LogP contribution in [0.5, 0.6) is 0 Å². The van der Waals surface area contributed by atoms with Gasteiger partial charge in [0, 0.05) is 0 Å². The van der Waals surface area contributed by atoms with Crippen molar-refractivity contribution in [3.05, 3.63) is 35.9 Å². The van der Waals surface area contributed by atoms with Gasteiger partial charge in [0.15, 0.2) is 0 Å². The molecular formula is C11H12F3NO4S. The van der Waals surface area contributed by atoms with Crippen LogP contribution in [0.25, 0.3) is 0 Å². The van der Waals surface area contributed by atoms with Crippen LogP contribution in [0.2, 0.25) is 0 Å². The van der Waals surface area contributed by atoms with Gasteiger partial charge in [0.05, 0.1) is 6.61 Å². The number of esters is 1. The molecule has 0 saturated heterocycles. The highest BCUT2D eigenvalue weighted by Crippen LogP contribution is 2.25. The van der Waals surface area contributed by atoms with Crippen molar-refractivity contribution in [3.63, 3.8) is 0 Å². The Morgan fingerprint density at radius 1 is 1.30 bits per heavy atom. The van der Waals surface area contributed by atoms with Crippen LogP contribution in [0.3, 0.4) is 0 Å². The fourth-order valence-corrected chi connectivity index (χ4v) is 2.02. The average molecular weight is 311 g/mol. The van der Waals surface area contributed by atoms with Gasteiger partial charge in [-0.2, -0.15) is 17.9 Å². The van der Waals surface area contributed by atoms with Crippen LogP contribution in [0.4, 0.5) is 13.2 Å². The molecule has 0 aliphatic rings. The first-order valence-electron chi connectivity index (χ1n) is 5.49. The molecule has 0 aromatic heterocycles. The number of ether oxygens (including phenoxy) is 1. The zero-order valence-electron chi connectivity index (χ0n) is 10.3. The van der Waals surface area contributed by atoms with Crippen LogP contribution in [0.15, 0.2) is 30.3 Å². The zero-order chi connectivity index (χ0) is 15.4. The van der Waals surface area contributed by atoms with E-state index in [1.165, 1.54) is 35.9 Å². The van der Waals surface area contributed by atoms with Crippen LogP contribution >= 0.6 is 0 Å². The van der Waals surface area contributed by atoms with Crippen molar-refractivity contribution in [1.82, 2.24) is 4.72 Å². The summed E-state index contributed by atoms with van der Waals surface area (Å²) >= 11 is 0. The predicted molar refractivity (Wildman–Crippen MR) is 63.9 cm³/mol. The first-order valence-corrected chi connectivity index (χ1v) is 6.97. The lowest BCUT2D eigenvalue weighted by molar-refractivity contribution is -0.145. The van der Waals surface area contributed by atoms with E-state index >= 15 is 0 Å². The monoisotopic (exact) mass is 311 g/mol. The van der Waals surface area contributed by atoms with E-state index in [4.69, 9.17) is 0 Å². The van der Waals surface area contributed by atoms with Crippen LogP contribution in [0, 0.1) is 0 Å².